The molecule has 0 unspecified atom stereocenters. The molecule has 1 heterocycles. The second-order valence-corrected chi connectivity index (χ2v) is 7.30. The fraction of sp³-hybridized carbons (Fsp3) is 0.538. The molecule has 0 radical (unpaired) electrons. The fourth-order valence-corrected chi connectivity index (χ4v) is 3.83. The van der Waals surface area contributed by atoms with Crippen molar-refractivity contribution in [1.82, 2.24) is 0 Å². The monoisotopic (exact) mass is 283 g/mol. The normalized spacial score (nSPS) is 20.1. The molecule has 104 valence electrons. The molecule has 1 fully saturated rings. The highest BCUT2D eigenvalue weighted by Crippen LogP contribution is 2.48. The van der Waals surface area contributed by atoms with E-state index in [9.17, 15) is 8.42 Å². The molecule has 2 N–H and O–H groups in total. The van der Waals surface area contributed by atoms with Gasteiger partial charge in [0.25, 0.3) is 0 Å². The highest BCUT2D eigenvalue weighted by atomic mass is 32.2. The van der Waals surface area contributed by atoms with E-state index in [-0.39, 0.29) is 12.2 Å². The lowest BCUT2D eigenvalue weighted by Gasteiger charge is -2.42. The van der Waals surface area contributed by atoms with Gasteiger partial charge in [0.1, 0.15) is 0 Å². The van der Waals surface area contributed by atoms with Gasteiger partial charge in [0, 0.05) is 24.3 Å². The minimum Gasteiger partial charge on any atom is -0.454 e. The van der Waals surface area contributed by atoms with Crippen LogP contribution in [-0.2, 0) is 15.3 Å². The van der Waals surface area contributed by atoms with Crippen molar-refractivity contribution in [2.75, 3.05) is 19.6 Å². The van der Waals surface area contributed by atoms with E-state index in [1.165, 1.54) is 6.26 Å². The molecule has 5 nitrogen and oxygen atoms in total. The molecule has 1 aliphatic carbocycles. The number of rotatable bonds is 3. The maximum absolute atomic E-state index is 12.0. The van der Waals surface area contributed by atoms with Gasteiger partial charge in [-0.3, -0.25) is 0 Å². The van der Waals surface area contributed by atoms with Gasteiger partial charge in [0.2, 0.25) is 6.79 Å². The SMILES string of the molecule is CS(=O)(=O)c1cc2c(cc1C1(CN)CCC1)OCO2. The van der Waals surface area contributed by atoms with Crippen LogP contribution in [0.4, 0.5) is 0 Å². The molecule has 1 saturated carbocycles. The Balaban J connectivity index is 2.22. The second kappa shape index (κ2) is 4.11. The number of benzene rings is 1. The summed E-state index contributed by atoms with van der Waals surface area (Å²) in [5.41, 5.74) is 6.45. The van der Waals surface area contributed by atoms with Crippen molar-refractivity contribution >= 4 is 9.84 Å². The Morgan fingerprint density at radius 3 is 2.37 bits per heavy atom. The van der Waals surface area contributed by atoms with Gasteiger partial charge in [0.15, 0.2) is 21.3 Å². The summed E-state index contributed by atoms with van der Waals surface area (Å²) in [6.45, 7) is 0.590. The van der Waals surface area contributed by atoms with E-state index in [0.717, 1.165) is 24.8 Å². The lowest BCUT2D eigenvalue weighted by molar-refractivity contribution is 0.173. The summed E-state index contributed by atoms with van der Waals surface area (Å²) in [6, 6.07) is 3.37. The Hall–Kier alpha value is -1.27. The van der Waals surface area contributed by atoms with E-state index >= 15 is 0 Å². The Kier molecular flexibility index (Phi) is 2.76. The molecule has 19 heavy (non-hydrogen) atoms. The Morgan fingerprint density at radius 2 is 1.89 bits per heavy atom. The van der Waals surface area contributed by atoms with E-state index in [2.05, 4.69) is 0 Å². The van der Waals surface area contributed by atoms with Crippen LogP contribution >= 0.6 is 0 Å². The number of hydrogen-bond donors (Lipinski definition) is 1. The Morgan fingerprint density at radius 1 is 1.26 bits per heavy atom. The molecule has 3 rings (SSSR count). The number of nitrogens with two attached hydrogens (primary N) is 1. The smallest absolute Gasteiger partial charge is 0.231 e. The summed E-state index contributed by atoms with van der Waals surface area (Å²) in [5.74, 6) is 1.11. The lowest BCUT2D eigenvalue weighted by Crippen LogP contribution is -2.42. The molecule has 0 aromatic heterocycles. The van der Waals surface area contributed by atoms with Crippen LogP contribution in [0.2, 0.25) is 0 Å². The van der Waals surface area contributed by atoms with Crippen LogP contribution in [0.25, 0.3) is 0 Å². The molecule has 0 bridgehead atoms. The van der Waals surface area contributed by atoms with Crippen molar-refractivity contribution in [3.63, 3.8) is 0 Å². The van der Waals surface area contributed by atoms with Crippen molar-refractivity contribution in [3.8, 4) is 11.5 Å². The van der Waals surface area contributed by atoms with Crippen molar-refractivity contribution in [1.29, 1.82) is 0 Å². The summed E-state index contributed by atoms with van der Waals surface area (Å²) in [7, 11) is -3.32. The second-order valence-electron chi connectivity index (χ2n) is 5.31. The maximum atomic E-state index is 12.0. The Labute approximate surface area is 112 Å². The topological polar surface area (TPSA) is 78.6 Å². The van der Waals surface area contributed by atoms with Gasteiger partial charge in [0.05, 0.1) is 4.90 Å². The quantitative estimate of drug-likeness (QED) is 0.901. The first-order valence-corrected chi connectivity index (χ1v) is 8.20. The largest absolute Gasteiger partial charge is 0.454 e. The zero-order valence-corrected chi connectivity index (χ0v) is 11.6. The van der Waals surface area contributed by atoms with Crippen LogP contribution < -0.4 is 15.2 Å². The zero-order chi connectivity index (χ0) is 13.7. The first-order valence-electron chi connectivity index (χ1n) is 6.30. The average molecular weight is 283 g/mol. The first kappa shape index (κ1) is 12.7. The first-order chi connectivity index (χ1) is 8.96. The predicted molar refractivity (Wildman–Crippen MR) is 70.3 cm³/mol. The number of fused-ring (bicyclic) bond motifs is 1. The van der Waals surface area contributed by atoms with Gasteiger partial charge in [-0.25, -0.2) is 8.42 Å². The van der Waals surface area contributed by atoms with Crippen LogP contribution in [0.15, 0.2) is 17.0 Å². The van der Waals surface area contributed by atoms with Crippen molar-refractivity contribution in [2.45, 2.75) is 29.6 Å². The third-order valence-corrected chi connectivity index (χ3v) is 5.28. The highest BCUT2D eigenvalue weighted by molar-refractivity contribution is 7.90. The highest BCUT2D eigenvalue weighted by Gasteiger charge is 2.41. The molecule has 6 heteroatoms. The number of hydrogen-bond acceptors (Lipinski definition) is 5. The molecule has 0 saturated heterocycles. The van der Waals surface area contributed by atoms with Gasteiger partial charge in [-0.05, 0) is 24.5 Å². The molecule has 0 spiro atoms. The van der Waals surface area contributed by atoms with Crippen molar-refractivity contribution in [3.05, 3.63) is 17.7 Å². The summed E-state index contributed by atoms with van der Waals surface area (Å²) < 4.78 is 34.7. The minimum atomic E-state index is -3.32. The van der Waals surface area contributed by atoms with Crippen LogP contribution in [0.5, 0.6) is 11.5 Å². The molecule has 2 aliphatic rings. The van der Waals surface area contributed by atoms with Gasteiger partial charge in [-0.1, -0.05) is 6.42 Å². The van der Waals surface area contributed by atoms with Crippen LogP contribution in [0.1, 0.15) is 24.8 Å². The molecule has 1 aromatic rings. The average Bonchev–Trinajstić information content (AvgIpc) is 2.73. The van der Waals surface area contributed by atoms with Crippen LogP contribution in [-0.4, -0.2) is 28.0 Å². The fourth-order valence-electron chi connectivity index (χ4n) is 2.83. The molecule has 1 aliphatic heterocycles. The molecule has 0 atom stereocenters. The van der Waals surface area contributed by atoms with Crippen molar-refractivity contribution < 1.29 is 17.9 Å². The number of sulfone groups is 1. The van der Waals surface area contributed by atoms with E-state index in [1.54, 1.807) is 12.1 Å². The van der Waals surface area contributed by atoms with E-state index in [4.69, 9.17) is 15.2 Å². The van der Waals surface area contributed by atoms with Gasteiger partial charge >= 0.3 is 0 Å². The number of ether oxygens (including phenoxy) is 2. The molecule has 1 aromatic carbocycles. The van der Waals surface area contributed by atoms with Crippen molar-refractivity contribution in [2.24, 2.45) is 5.73 Å². The predicted octanol–water partition coefficient (Wildman–Crippen LogP) is 1.20. The summed E-state index contributed by atoms with van der Waals surface area (Å²) in [6.07, 6.45) is 4.14. The maximum Gasteiger partial charge on any atom is 0.231 e. The standard InChI is InChI=1S/C13H17NO4S/c1-19(15,16)12-6-11-10(17-8-18-11)5-9(12)13(7-14)3-2-4-13/h5-6H,2-4,7-8,14H2,1H3. The van der Waals surface area contributed by atoms with Crippen LogP contribution in [0, 0.1) is 0 Å². The molecule has 0 amide bonds. The summed E-state index contributed by atoms with van der Waals surface area (Å²) >= 11 is 0. The third kappa shape index (κ3) is 1.90. The minimum absolute atomic E-state index is 0.137. The Bertz CT molecular complexity index is 614. The zero-order valence-electron chi connectivity index (χ0n) is 10.8. The summed E-state index contributed by atoms with van der Waals surface area (Å²) in [5, 5.41) is 0. The third-order valence-electron chi connectivity index (χ3n) is 4.15. The lowest BCUT2D eigenvalue weighted by atomic mass is 9.64. The van der Waals surface area contributed by atoms with Gasteiger partial charge < -0.3 is 15.2 Å². The van der Waals surface area contributed by atoms with Gasteiger partial charge in [-0.15, -0.1) is 0 Å². The van der Waals surface area contributed by atoms with E-state index < -0.39 is 9.84 Å². The molecular weight excluding hydrogens is 266 g/mol. The van der Waals surface area contributed by atoms with E-state index in [1.807, 2.05) is 0 Å². The van der Waals surface area contributed by atoms with E-state index in [0.29, 0.717) is 22.9 Å². The summed E-state index contributed by atoms with van der Waals surface area (Å²) in [4.78, 5) is 0.321. The van der Waals surface area contributed by atoms with Gasteiger partial charge in [-0.2, -0.15) is 0 Å². The molecular formula is C13H17NO4S. The van der Waals surface area contributed by atoms with Crippen LogP contribution in [0.3, 0.4) is 0 Å².